The summed E-state index contributed by atoms with van der Waals surface area (Å²) in [4.78, 5) is 26.1. The molecule has 1 aliphatic rings. The SMILES string of the molecule is COc1cc(CCNC(=O)CN2CCCCC(OC)C2=O)ccc1C. The molecule has 0 bridgehead atoms. The largest absolute Gasteiger partial charge is 0.496 e. The topological polar surface area (TPSA) is 67.9 Å². The van der Waals surface area contributed by atoms with Crippen LogP contribution in [0.25, 0.3) is 0 Å². The molecule has 0 aromatic heterocycles. The molecule has 1 fully saturated rings. The number of carbonyl (C=O) groups excluding carboxylic acids is 2. The summed E-state index contributed by atoms with van der Waals surface area (Å²) >= 11 is 0. The number of aryl methyl sites for hydroxylation is 1. The minimum absolute atomic E-state index is 0.0848. The lowest BCUT2D eigenvalue weighted by atomic mass is 10.1. The van der Waals surface area contributed by atoms with E-state index in [4.69, 9.17) is 9.47 Å². The summed E-state index contributed by atoms with van der Waals surface area (Å²) in [5.74, 6) is 0.632. The van der Waals surface area contributed by atoms with Gasteiger partial charge < -0.3 is 19.7 Å². The van der Waals surface area contributed by atoms with Crippen molar-refractivity contribution in [2.24, 2.45) is 0 Å². The van der Waals surface area contributed by atoms with Gasteiger partial charge in [-0.25, -0.2) is 0 Å². The highest BCUT2D eigenvalue weighted by molar-refractivity contribution is 5.87. The van der Waals surface area contributed by atoms with Crippen molar-refractivity contribution in [3.05, 3.63) is 29.3 Å². The van der Waals surface area contributed by atoms with Crippen molar-refractivity contribution in [3.8, 4) is 5.75 Å². The number of benzene rings is 1. The van der Waals surface area contributed by atoms with E-state index in [1.54, 1.807) is 19.1 Å². The van der Waals surface area contributed by atoms with Gasteiger partial charge in [0.05, 0.1) is 13.7 Å². The van der Waals surface area contributed by atoms with E-state index in [9.17, 15) is 9.59 Å². The number of hydrogen-bond donors (Lipinski definition) is 1. The molecule has 0 radical (unpaired) electrons. The zero-order valence-electron chi connectivity index (χ0n) is 15.3. The number of methoxy groups -OCH3 is 2. The van der Waals surface area contributed by atoms with Gasteiger partial charge in [-0.1, -0.05) is 12.1 Å². The molecule has 2 rings (SSSR count). The van der Waals surface area contributed by atoms with E-state index >= 15 is 0 Å². The quantitative estimate of drug-likeness (QED) is 0.814. The Kier molecular flexibility index (Phi) is 7.25. The third kappa shape index (κ3) is 5.46. The van der Waals surface area contributed by atoms with Crippen LogP contribution in [0.2, 0.25) is 0 Å². The van der Waals surface area contributed by atoms with Crippen molar-refractivity contribution >= 4 is 11.8 Å². The Morgan fingerprint density at radius 1 is 1.32 bits per heavy atom. The Hall–Kier alpha value is -2.08. The molecule has 0 aliphatic carbocycles. The maximum Gasteiger partial charge on any atom is 0.252 e. The standard InChI is InChI=1S/C19H28N2O4/c1-14-7-8-15(12-17(14)25-3)9-10-20-18(22)13-21-11-5-4-6-16(24-2)19(21)23/h7-8,12,16H,4-6,9-11,13H2,1-3H3,(H,20,22). The van der Waals surface area contributed by atoms with Crippen LogP contribution in [0.15, 0.2) is 18.2 Å². The molecule has 25 heavy (non-hydrogen) atoms. The summed E-state index contributed by atoms with van der Waals surface area (Å²) in [5, 5.41) is 2.89. The first-order valence-corrected chi connectivity index (χ1v) is 8.77. The Morgan fingerprint density at radius 2 is 2.12 bits per heavy atom. The van der Waals surface area contributed by atoms with Gasteiger partial charge in [0.2, 0.25) is 5.91 Å². The van der Waals surface area contributed by atoms with Crippen molar-refractivity contribution in [2.45, 2.75) is 38.7 Å². The highest BCUT2D eigenvalue weighted by atomic mass is 16.5. The van der Waals surface area contributed by atoms with Gasteiger partial charge in [0, 0.05) is 20.2 Å². The molecule has 6 nitrogen and oxygen atoms in total. The maximum absolute atomic E-state index is 12.3. The van der Waals surface area contributed by atoms with E-state index in [1.807, 2.05) is 25.1 Å². The number of nitrogens with zero attached hydrogens (tertiary/aromatic N) is 1. The zero-order valence-corrected chi connectivity index (χ0v) is 15.3. The summed E-state index contributed by atoms with van der Waals surface area (Å²) in [6.45, 7) is 3.23. The number of nitrogens with one attached hydrogen (secondary N) is 1. The fraction of sp³-hybridized carbons (Fsp3) is 0.579. The Balaban J connectivity index is 1.81. The number of ether oxygens (including phenoxy) is 2. The first-order chi connectivity index (χ1) is 12.0. The maximum atomic E-state index is 12.3. The van der Waals surface area contributed by atoms with E-state index < -0.39 is 6.10 Å². The summed E-state index contributed by atoms with van der Waals surface area (Å²) in [7, 11) is 3.20. The van der Waals surface area contributed by atoms with Crippen LogP contribution in [-0.4, -0.2) is 56.7 Å². The normalized spacial score (nSPS) is 18.0. The van der Waals surface area contributed by atoms with Crippen molar-refractivity contribution in [3.63, 3.8) is 0 Å². The van der Waals surface area contributed by atoms with Crippen molar-refractivity contribution in [2.75, 3.05) is 33.9 Å². The average Bonchev–Trinajstić information content (AvgIpc) is 2.78. The van der Waals surface area contributed by atoms with E-state index in [0.29, 0.717) is 13.1 Å². The van der Waals surface area contributed by atoms with Gasteiger partial charge in [0.25, 0.3) is 5.91 Å². The molecule has 0 saturated carbocycles. The third-order valence-corrected chi connectivity index (χ3v) is 4.56. The predicted molar refractivity (Wildman–Crippen MR) is 95.7 cm³/mol. The smallest absolute Gasteiger partial charge is 0.252 e. The van der Waals surface area contributed by atoms with Crippen LogP contribution >= 0.6 is 0 Å². The zero-order chi connectivity index (χ0) is 18.2. The second kappa shape index (κ2) is 9.42. The number of carbonyl (C=O) groups is 2. The number of likely N-dealkylation sites (tertiary alicyclic amines) is 1. The molecule has 1 heterocycles. The summed E-state index contributed by atoms with van der Waals surface area (Å²) < 4.78 is 10.5. The first-order valence-electron chi connectivity index (χ1n) is 8.77. The second-order valence-corrected chi connectivity index (χ2v) is 6.38. The summed E-state index contributed by atoms with van der Waals surface area (Å²) in [6, 6.07) is 6.03. The molecular weight excluding hydrogens is 320 g/mol. The Bertz CT molecular complexity index is 603. The van der Waals surface area contributed by atoms with E-state index in [0.717, 1.165) is 42.6 Å². The van der Waals surface area contributed by atoms with Gasteiger partial charge in [-0.15, -0.1) is 0 Å². The molecule has 1 unspecified atom stereocenters. The van der Waals surface area contributed by atoms with Crippen LogP contribution in [0.5, 0.6) is 5.75 Å². The number of amides is 2. The molecule has 2 amide bonds. The number of hydrogen-bond acceptors (Lipinski definition) is 4. The molecule has 138 valence electrons. The van der Waals surface area contributed by atoms with Gasteiger partial charge >= 0.3 is 0 Å². The van der Waals surface area contributed by atoms with Crippen LogP contribution in [0.4, 0.5) is 0 Å². The highest BCUT2D eigenvalue weighted by Crippen LogP contribution is 2.19. The second-order valence-electron chi connectivity index (χ2n) is 6.38. The van der Waals surface area contributed by atoms with Crippen LogP contribution in [0, 0.1) is 6.92 Å². The molecule has 1 N–H and O–H groups in total. The van der Waals surface area contributed by atoms with Crippen molar-refractivity contribution < 1.29 is 19.1 Å². The molecule has 6 heteroatoms. The minimum Gasteiger partial charge on any atom is -0.496 e. The molecule has 1 aliphatic heterocycles. The lowest BCUT2D eigenvalue weighted by molar-refractivity contribution is -0.144. The van der Waals surface area contributed by atoms with Crippen LogP contribution in [-0.2, 0) is 20.7 Å². The van der Waals surface area contributed by atoms with Gasteiger partial charge in [-0.3, -0.25) is 9.59 Å². The van der Waals surface area contributed by atoms with Gasteiger partial charge in [0.15, 0.2) is 0 Å². The van der Waals surface area contributed by atoms with Crippen LogP contribution in [0.3, 0.4) is 0 Å². The average molecular weight is 348 g/mol. The van der Waals surface area contributed by atoms with Crippen molar-refractivity contribution in [1.29, 1.82) is 0 Å². The Morgan fingerprint density at radius 3 is 2.84 bits per heavy atom. The lowest BCUT2D eigenvalue weighted by Crippen LogP contribution is -2.45. The predicted octanol–water partition coefficient (Wildman–Crippen LogP) is 1.69. The van der Waals surface area contributed by atoms with Gasteiger partial charge in [0.1, 0.15) is 11.9 Å². The van der Waals surface area contributed by atoms with E-state index in [1.165, 1.54) is 0 Å². The number of rotatable bonds is 7. The summed E-state index contributed by atoms with van der Waals surface area (Å²) in [6.07, 6.45) is 2.87. The highest BCUT2D eigenvalue weighted by Gasteiger charge is 2.27. The molecular formula is C19H28N2O4. The molecule has 1 aromatic carbocycles. The minimum atomic E-state index is -0.421. The van der Waals surface area contributed by atoms with Crippen LogP contribution in [0.1, 0.15) is 30.4 Å². The van der Waals surface area contributed by atoms with E-state index in [-0.39, 0.29) is 18.4 Å². The molecule has 0 spiro atoms. The van der Waals surface area contributed by atoms with Gasteiger partial charge in [-0.05, 0) is 49.8 Å². The fourth-order valence-corrected chi connectivity index (χ4v) is 3.04. The monoisotopic (exact) mass is 348 g/mol. The van der Waals surface area contributed by atoms with Crippen molar-refractivity contribution in [1.82, 2.24) is 10.2 Å². The molecule has 1 saturated heterocycles. The van der Waals surface area contributed by atoms with Gasteiger partial charge in [-0.2, -0.15) is 0 Å². The van der Waals surface area contributed by atoms with E-state index in [2.05, 4.69) is 5.32 Å². The molecule has 1 atom stereocenters. The van der Waals surface area contributed by atoms with Crippen LogP contribution < -0.4 is 10.1 Å². The Labute approximate surface area is 149 Å². The first kappa shape index (κ1) is 19.2. The third-order valence-electron chi connectivity index (χ3n) is 4.56. The summed E-state index contributed by atoms with van der Waals surface area (Å²) in [5.41, 5.74) is 2.19. The molecule has 1 aromatic rings. The fourth-order valence-electron chi connectivity index (χ4n) is 3.04. The lowest BCUT2D eigenvalue weighted by Gasteiger charge is -2.23.